The minimum Gasteiger partial charge on any atom is -0.469 e. The van der Waals surface area contributed by atoms with Crippen molar-refractivity contribution in [3.8, 4) is 5.19 Å². The second-order valence-electron chi connectivity index (χ2n) is 5.78. The topological polar surface area (TPSA) is 50.3 Å². The second-order valence-corrected chi connectivity index (χ2v) is 6.72. The van der Waals surface area contributed by atoms with Crippen LogP contribution in [-0.4, -0.2) is 42.1 Å². The van der Waals surface area contributed by atoms with E-state index in [9.17, 15) is 0 Å². The fourth-order valence-corrected chi connectivity index (χ4v) is 3.20. The van der Waals surface area contributed by atoms with Crippen molar-refractivity contribution < 1.29 is 4.74 Å². The van der Waals surface area contributed by atoms with Gasteiger partial charge in [-0.1, -0.05) is 36.5 Å². The third-order valence-electron chi connectivity index (χ3n) is 3.71. The van der Waals surface area contributed by atoms with Gasteiger partial charge in [-0.05, 0) is 38.2 Å². The van der Waals surface area contributed by atoms with E-state index < -0.39 is 0 Å². The predicted octanol–water partition coefficient (Wildman–Crippen LogP) is 3.94. The molecule has 0 unspecified atom stereocenters. The summed E-state index contributed by atoms with van der Waals surface area (Å²) in [6.45, 7) is 3.63. The molecule has 0 spiro atoms. The zero-order chi connectivity index (χ0) is 16.9. The molecule has 126 valence electrons. The Labute approximate surface area is 146 Å². The summed E-state index contributed by atoms with van der Waals surface area (Å²) in [5, 5.41) is 4.16. The number of benzene rings is 1. The molecule has 0 fully saturated rings. The van der Waals surface area contributed by atoms with Gasteiger partial charge in [0.05, 0.1) is 5.69 Å². The number of pyridine rings is 1. The molecule has 6 heteroatoms. The van der Waals surface area contributed by atoms with Crippen molar-refractivity contribution >= 4 is 33.1 Å². The summed E-state index contributed by atoms with van der Waals surface area (Å²) in [6, 6.07) is 10.3. The van der Waals surface area contributed by atoms with E-state index in [2.05, 4.69) is 45.3 Å². The smallest absolute Gasteiger partial charge is 0.275 e. The molecule has 3 rings (SSSR count). The molecule has 0 radical (unpaired) electrons. The monoisotopic (exact) mass is 342 g/mol. The van der Waals surface area contributed by atoms with Crippen LogP contribution in [0.2, 0.25) is 0 Å². The average Bonchev–Trinajstić information content (AvgIpc) is 2.99. The maximum Gasteiger partial charge on any atom is 0.275 e. The Morgan fingerprint density at radius 1 is 1.17 bits per heavy atom. The quantitative estimate of drug-likeness (QED) is 0.705. The van der Waals surface area contributed by atoms with Gasteiger partial charge >= 0.3 is 0 Å². The van der Waals surface area contributed by atoms with Gasteiger partial charge < -0.3 is 15.0 Å². The van der Waals surface area contributed by atoms with Crippen LogP contribution in [-0.2, 0) is 6.42 Å². The molecule has 0 saturated carbocycles. The first-order chi connectivity index (χ1) is 11.7. The van der Waals surface area contributed by atoms with Crippen LogP contribution in [0, 0.1) is 0 Å². The van der Waals surface area contributed by atoms with Gasteiger partial charge in [0.1, 0.15) is 17.0 Å². The molecular weight excluding hydrogens is 320 g/mol. The molecule has 0 aliphatic carbocycles. The van der Waals surface area contributed by atoms with Crippen LogP contribution in [0.1, 0.15) is 12.5 Å². The number of ether oxygens (including phenoxy) is 1. The number of nitrogens with one attached hydrogen (secondary N) is 1. The van der Waals surface area contributed by atoms with Crippen molar-refractivity contribution in [3.63, 3.8) is 0 Å². The zero-order valence-corrected chi connectivity index (χ0v) is 15.1. The molecule has 0 aliphatic heterocycles. The summed E-state index contributed by atoms with van der Waals surface area (Å²) in [6.07, 6.45) is 2.79. The highest BCUT2D eigenvalue weighted by atomic mass is 32.1. The van der Waals surface area contributed by atoms with Gasteiger partial charge in [-0.3, -0.25) is 0 Å². The van der Waals surface area contributed by atoms with Gasteiger partial charge in [-0.25, -0.2) is 4.98 Å². The van der Waals surface area contributed by atoms with E-state index in [0.29, 0.717) is 11.8 Å². The van der Waals surface area contributed by atoms with E-state index in [1.54, 1.807) is 6.20 Å². The highest BCUT2D eigenvalue weighted by molar-refractivity contribution is 7.19. The zero-order valence-electron chi connectivity index (χ0n) is 14.2. The lowest BCUT2D eigenvalue weighted by molar-refractivity contribution is 0.261. The van der Waals surface area contributed by atoms with Gasteiger partial charge in [0, 0.05) is 18.4 Å². The van der Waals surface area contributed by atoms with E-state index in [1.807, 2.05) is 26.2 Å². The molecule has 1 N–H and O–H groups in total. The summed E-state index contributed by atoms with van der Waals surface area (Å²) in [5.41, 5.74) is 4.20. The Hall–Kier alpha value is -2.18. The van der Waals surface area contributed by atoms with Crippen molar-refractivity contribution in [1.82, 2.24) is 14.9 Å². The largest absolute Gasteiger partial charge is 0.469 e. The molecule has 2 heterocycles. The Balaban J connectivity index is 1.84. The molecule has 0 amide bonds. The summed E-state index contributed by atoms with van der Waals surface area (Å²) in [7, 11) is 4.05. The van der Waals surface area contributed by atoms with Crippen molar-refractivity contribution in [1.29, 1.82) is 0 Å². The molecule has 2 aromatic heterocycles. The van der Waals surface area contributed by atoms with Crippen molar-refractivity contribution in [2.75, 3.05) is 32.6 Å². The van der Waals surface area contributed by atoms with Crippen LogP contribution in [0.4, 0.5) is 11.4 Å². The fourth-order valence-electron chi connectivity index (χ4n) is 2.39. The maximum absolute atomic E-state index is 5.75. The predicted molar refractivity (Wildman–Crippen MR) is 101 cm³/mol. The minimum absolute atomic E-state index is 0.619. The molecule has 5 nitrogen and oxygen atoms in total. The fraction of sp³-hybridized carbons (Fsp3) is 0.333. The highest BCUT2D eigenvalue weighted by Crippen LogP contribution is 2.32. The van der Waals surface area contributed by atoms with Gasteiger partial charge in [-0.15, -0.1) is 0 Å². The molecule has 24 heavy (non-hydrogen) atoms. The van der Waals surface area contributed by atoms with Crippen molar-refractivity contribution in [2.24, 2.45) is 0 Å². The normalized spacial score (nSPS) is 11.2. The molecule has 0 saturated heterocycles. The van der Waals surface area contributed by atoms with Crippen LogP contribution in [0.5, 0.6) is 5.19 Å². The average molecular weight is 342 g/mol. The Morgan fingerprint density at radius 2 is 2.00 bits per heavy atom. The third-order valence-corrected chi connectivity index (χ3v) is 4.59. The maximum atomic E-state index is 5.75. The molecular formula is C18H22N4OS. The summed E-state index contributed by atoms with van der Waals surface area (Å²) < 4.78 is 5.75. The van der Waals surface area contributed by atoms with E-state index in [-0.39, 0.29) is 0 Å². The van der Waals surface area contributed by atoms with Crippen LogP contribution in [0.25, 0.3) is 10.3 Å². The molecule has 0 bridgehead atoms. The number of fused-ring (bicyclic) bond motifs is 1. The molecule has 0 atom stereocenters. The number of hydrogen-bond donors (Lipinski definition) is 1. The minimum atomic E-state index is 0.619. The summed E-state index contributed by atoms with van der Waals surface area (Å²) >= 11 is 1.48. The van der Waals surface area contributed by atoms with Crippen molar-refractivity contribution in [2.45, 2.75) is 13.3 Å². The summed E-state index contributed by atoms with van der Waals surface area (Å²) in [5.74, 6) is 0. The van der Waals surface area contributed by atoms with Gasteiger partial charge in [0.15, 0.2) is 0 Å². The van der Waals surface area contributed by atoms with Gasteiger partial charge in [0.2, 0.25) is 0 Å². The van der Waals surface area contributed by atoms with Gasteiger partial charge in [-0.2, -0.15) is 4.98 Å². The number of aromatic nitrogens is 2. The SMILES string of the molecule is CCc1ccccc1Nc1ccnc2sc(OCCN(C)C)nc12. The summed E-state index contributed by atoms with van der Waals surface area (Å²) in [4.78, 5) is 12.0. The second kappa shape index (κ2) is 7.59. The number of nitrogens with zero attached hydrogens (tertiary/aromatic N) is 3. The molecule has 0 aliphatic rings. The number of rotatable bonds is 7. The van der Waals surface area contributed by atoms with Crippen molar-refractivity contribution in [3.05, 3.63) is 42.1 Å². The lowest BCUT2D eigenvalue weighted by Crippen LogP contribution is -2.19. The first kappa shape index (κ1) is 16.7. The standard InChI is InChI=1S/C18H22N4OS/c1-4-13-7-5-6-8-14(13)20-15-9-10-19-17-16(15)21-18(24-17)23-12-11-22(2)3/h5-10H,4,11-12H2,1-3H3,(H,19,20). The number of thiazole rings is 1. The Morgan fingerprint density at radius 3 is 2.79 bits per heavy atom. The van der Waals surface area contributed by atoms with E-state index in [0.717, 1.165) is 34.7 Å². The van der Waals surface area contributed by atoms with E-state index in [1.165, 1.54) is 16.9 Å². The Kier molecular flexibility index (Phi) is 5.27. The third kappa shape index (κ3) is 3.83. The molecule has 1 aromatic carbocycles. The first-order valence-electron chi connectivity index (χ1n) is 8.05. The van der Waals surface area contributed by atoms with Crippen LogP contribution in [0.3, 0.4) is 0 Å². The lowest BCUT2D eigenvalue weighted by Gasteiger charge is -2.11. The van der Waals surface area contributed by atoms with Crippen LogP contribution >= 0.6 is 11.3 Å². The van der Waals surface area contributed by atoms with Crippen LogP contribution < -0.4 is 10.1 Å². The van der Waals surface area contributed by atoms with E-state index >= 15 is 0 Å². The number of para-hydroxylation sites is 1. The molecule has 3 aromatic rings. The lowest BCUT2D eigenvalue weighted by atomic mass is 10.1. The number of likely N-dealkylation sites (N-methyl/N-ethyl adjacent to an activating group) is 1. The highest BCUT2D eigenvalue weighted by Gasteiger charge is 2.11. The number of aryl methyl sites for hydroxylation is 1. The van der Waals surface area contributed by atoms with Crippen LogP contribution in [0.15, 0.2) is 36.5 Å². The number of hydrogen-bond acceptors (Lipinski definition) is 6. The Bertz CT molecular complexity index is 816. The van der Waals surface area contributed by atoms with Gasteiger partial charge in [0.25, 0.3) is 5.19 Å². The number of anilines is 2. The first-order valence-corrected chi connectivity index (χ1v) is 8.87. The van der Waals surface area contributed by atoms with E-state index in [4.69, 9.17) is 4.74 Å².